The number of carbonyl (C=O) groups is 1. The van der Waals surface area contributed by atoms with Gasteiger partial charge in [-0.25, -0.2) is 0 Å². The maximum atomic E-state index is 12.2. The summed E-state index contributed by atoms with van der Waals surface area (Å²) in [5.41, 5.74) is 0.358. The van der Waals surface area contributed by atoms with Crippen molar-refractivity contribution in [2.24, 2.45) is 5.92 Å². The highest BCUT2D eigenvalue weighted by Crippen LogP contribution is 2.29. The first-order chi connectivity index (χ1) is 9.10. The summed E-state index contributed by atoms with van der Waals surface area (Å²) in [6.45, 7) is 2.66. The topological polar surface area (TPSA) is 58.6 Å². The Hall–Kier alpha value is -1.26. The fourth-order valence-corrected chi connectivity index (χ4v) is 2.42. The highest BCUT2D eigenvalue weighted by atomic mass is 35.5. The monoisotopic (exact) mass is 283 g/mol. The molecular weight excluding hydrogens is 266 g/mol. The van der Waals surface area contributed by atoms with Gasteiger partial charge in [0.1, 0.15) is 5.75 Å². The van der Waals surface area contributed by atoms with Gasteiger partial charge in [0.25, 0.3) is 0 Å². The number of benzene rings is 1. The van der Waals surface area contributed by atoms with Crippen LogP contribution in [-0.4, -0.2) is 23.7 Å². The molecule has 0 aromatic heterocycles. The second-order valence-corrected chi connectivity index (χ2v) is 5.21. The van der Waals surface area contributed by atoms with Crippen molar-refractivity contribution in [3.05, 3.63) is 23.2 Å². The van der Waals surface area contributed by atoms with E-state index in [1.165, 1.54) is 6.07 Å². The number of hydrogen-bond donors (Lipinski definition) is 2. The van der Waals surface area contributed by atoms with Gasteiger partial charge < -0.3 is 15.2 Å². The summed E-state index contributed by atoms with van der Waals surface area (Å²) < 4.78 is 5.55. The molecule has 1 aliphatic rings. The third kappa shape index (κ3) is 3.61. The molecule has 1 aliphatic heterocycles. The minimum Gasteiger partial charge on any atom is -0.506 e. The van der Waals surface area contributed by atoms with Crippen LogP contribution in [0.2, 0.25) is 5.02 Å². The number of carbonyl (C=O) groups excluding carboxylic acids is 1. The van der Waals surface area contributed by atoms with Crippen molar-refractivity contribution in [1.82, 2.24) is 0 Å². The van der Waals surface area contributed by atoms with Crippen molar-refractivity contribution in [2.45, 2.75) is 32.3 Å². The number of phenols is 1. The number of nitrogens with one attached hydrogen (secondary N) is 1. The molecule has 1 heterocycles. The normalized spacial score (nSPS) is 23.1. The second-order valence-electron chi connectivity index (χ2n) is 4.77. The van der Waals surface area contributed by atoms with Gasteiger partial charge in [-0.2, -0.15) is 0 Å². The molecule has 0 radical (unpaired) electrons. The lowest BCUT2D eigenvalue weighted by molar-refractivity contribution is -0.124. The van der Waals surface area contributed by atoms with E-state index < -0.39 is 0 Å². The van der Waals surface area contributed by atoms with Crippen LogP contribution in [0.1, 0.15) is 26.2 Å². The molecular formula is C14H18ClNO3. The van der Waals surface area contributed by atoms with E-state index in [1.54, 1.807) is 12.1 Å². The molecule has 0 spiro atoms. The summed E-state index contributed by atoms with van der Waals surface area (Å²) in [7, 11) is 0. The van der Waals surface area contributed by atoms with E-state index in [-0.39, 0.29) is 23.7 Å². The third-order valence-electron chi connectivity index (χ3n) is 3.41. The number of anilines is 1. The van der Waals surface area contributed by atoms with Gasteiger partial charge in [-0.15, -0.1) is 0 Å². The highest BCUT2D eigenvalue weighted by Gasteiger charge is 2.27. The molecule has 19 heavy (non-hydrogen) atoms. The smallest absolute Gasteiger partial charge is 0.227 e. The van der Waals surface area contributed by atoms with Crippen molar-refractivity contribution >= 4 is 23.2 Å². The molecule has 2 N–H and O–H groups in total. The number of hydrogen-bond acceptors (Lipinski definition) is 3. The number of halogens is 1. The van der Waals surface area contributed by atoms with Crippen molar-refractivity contribution < 1.29 is 14.6 Å². The number of amides is 1. The van der Waals surface area contributed by atoms with E-state index in [9.17, 15) is 9.90 Å². The first-order valence-corrected chi connectivity index (χ1v) is 6.89. The molecule has 104 valence electrons. The molecule has 2 rings (SSSR count). The van der Waals surface area contributed by atoms with Crippen molar-refractivity contribution in [1.29, 1.82) is 0 Å². The van der Waals surface area contributed by atoms with Gasteiger partial charge >= 0.3 is 0 Å². The Kier molecular flexibility index (Phi) is 4.66. The summed E-state index contributed by atoms with van der Waals surface area (Å²) >= 11 is 5.85. The van der Waals surface area contributed by atoms with Crippen LogP contribution in [0, 0.1) is 5.92 Å². The van der Waals surface area contributed by atoms with Crippen LogP contribution < -0.4 is 5.32 Å². The van der Waals surface area contributed by atoms with E-state index in [2.05, 4.69) is 5.32 Å². The van der Waals surface area contributed by atoms with Crippen LogP contribution in [0.5, 0.6) is 5.75 Å². The van der Waals surface area contributed by atoms with E-state index in [1.807, 2.05) is 6.92 Å². The molecule has 1 amide bonds. The molecule has 2 atom stereocenters. The molecule has 1 fully saturated rings. The predicted molar refractivity (Wildman–Crippen MR) is 74.5 cm³/mol. The lowest BCUT2D eigenvalue weighted by Gasteiger charge is -2.28. The molecule has 4 nitrogen and oxygen atoms in total. The summed E-state index contributed by atoms with van der Waals surface area (Å²) in [6, 6.07) is 4.59. The van der Waals surface area contributed by atoms with Crippen LogP contribution in [0.25, 0.3) is 0 Å². The fraction of sp³-hybridized carbons (Fsp3) is 0.500. The van der Waals surface area contributed by atoms with Gasteiger partial charge in [-0.1, -0.05) is 18.5 Å². The Balaban J connectivity index is 2.02. The van der Waals surface area contributed by atoms with Gasteiger partial charge in [0.2, 0.25) is 5.91 Å². The van der Waals surface area contributed by atoms with Crippen LogP contribution in [0.3, 0.4) is 0 Å². The van der Waals surface area contributed by atoms with E-state index in [0.29, 0.717) is 23.7 Å². The zero-order valence-corrected chi connectivity index (χ0v) is 11.6. The highest BCUT2D eigenvalue weighted by molar-refractivity contribution is 6.31. The minimum atomic E-state index is -0.0840. The van der Waals surface area contributed by atoms with Gasteiger partial charge in [0.05, 0.1) is 11.8 Å². The van der Waals surface area contributed by atoms with Crippen molar-refractivity contribution in [3.63, 3.8) is 0 Å². The largest absolute Gasteiger partial charge is 0.506 e. The first-order valence-electron chi connectivity index (χ1n) is 6.51. The molecule has 0 aliphatic carbocycles. The zero-order chi connectivity index (χ0) is 13.8. The average Bonchev–Trinajstić information content (AvgIpc) is 2.43. The third-order valence-corrected chi connectivity index (χ3v) is 3.64. The van der Waals surface area contributed by atoms with Crippen LogP contribution >= 0.6 is 11.6 Å². The number of aromatic hydroxyl groups is 1. The fourth-order valence-electron chi connectivity index (χ4n) is 2.25. The van der Waals surface area contributed by atoms with Gasteiger partial charge in [0.15, 0.2) is 0 Å². The van der Waals surface area contributed by atoms with E-state index >= 15 is 0 Å². The molecule has 2 unspecified atom stereocenters. The second kappa shape index (κ2) is 6.26. The summed E-state index contributed by atoms with van der Waals surface area (Å²) in [6.07, 6.45) is 2.50. The Labute approximate surface area is 117 Å². The summed E-state index contributed by atoms with van der Waals surface area (Å²) in [5.74, 6) is -0.131. The minimum absolute atomic E-state index is 0.0249. The van der Waals surface area contributed by atoms with Gasteiger partial charge in [-0.3, -0.25) is 4.79 Å². The van der Waals surface area contributed by atoms with Gasteiger partial charge in [-0.05, 0) is 37.5 Å². The molecule has 5 heteroatoms. The Bertz CT molecular complexity index is 464. The Morgan fingerprint density at radius 3 is 3.11 bits per heavy atom. The van der Waals surface area contributed by atoms with E-state index in [0.717, 1.165) is 12.8 Å². The molecule has 1 aromatic rings. The quantitative estimate of drug-likeness (QED) is 0.838. The van der Waals surface area contributed by atoms with Crippen LogP contribution in [-0.2, 0) is 9.53 Å². The number of phenolic OH excluding ortho intramolecular Hbond substituents is 1. The van der Waals surface area contributed by atoms with Crippen LogP contribution in [0.15, 0.2) is 18.2 Å². The summed E-state index contributed by atoms with van der Waals surface area (Å²) in [5, 5.41) is 12.9. The number of rotatable bonds is 3. The zero-order valence-electron chi connectivity index (χ0n) is 10.9. The lowest BCUT2D eigenvalue weighted by atomic mass is 9.93. The maximum Gasteiger partial charge on any atom is 0.227 e. The molecule has 0 bridgehead atoms. The van der Waals surface area contributed by atoms with E-state index in [4.69, 9.17) is 16.3 Å². The Morgan fingerprint density at radius 1 is 1.58 bits per heavy atom. The van der Waals surface area contributed by atoms with Crippen molar-refractivity contribution in [2.75, 3.05) is 11.9 Å². The average molecular weight is 284 g/mol. The molecule has 1 aromatic carbocycles. The predicted octanol–water partition coefficient (Wildman–Crippen LogP) is 3.19. The standard InChI is InChI=1S/C14H18ClNO3/c1-2-11-7-9(5-6-19-11)14(18)16-12-8-10(15)3-4-13(12)17/h3-4,8-9,11,17H,2,5-7H2,1H3,(H,16,18). The SMILES string of the molecule is CCC1CC(C(=O)Nc2cc(Cl)ccc2O)CCO1. The maximum absolute atomic E-state index is 12.2. The Morgan fingerprint density at radius 2 is 2.37 bits per heavy atom. The number of ether oxygens (including phenoxy) is 1. The first kappa shape index (κ1) is 14.2. The van der Waals surface area contributed by atoms with Crippen LogP contribution in [0.4, 0.5) is 5.69 Å². The van der Waals surface area contributed by atoms with Crippen molar-refractivity contribution in [3.8, 4) is 5.75 Å². The molecule has 0 saturated carbocycles. The van der Waals surface area contributed by atoms with Gasteiger partial charge in [0, 0.05) is 17.5 Å². The molecule has 1 saturated heterocycles. The lowest BCUT2D eigenvalue weighted by Crippen LogP contribution is -2.33. The summed E-state index contributed by atoms with van der Waals surface area (Å²) in [4.78, 5) is 12.2.